The van der Waals surface area contributed by atoms with E-state index in [-0.39, 0.29) is 12.2 Å². The van der Waals surface area contributed by atoms with Crippen LogP contribution in [0, 0.1) is 5.82 Å². The molecule has 0 atom stereocenters. The van der Waals surface area contributed by atoms with Gasteiger partial charge < -0.3 is 10.2 Å². The van der Waals surface area contributed by atoms with Crippen molar-refractivity contribution in [3.63, 3.8) is 0 Å². The van der Waals surface area contributed by atoms with E-state index < -0.39 is 17.3 Å². The summed E-state index contributed by atoms with van der Waals surface area (Å²) >= 11 is 0. The topological polar surface area (TPSA) is 80.1 Å². The minimum atomic E-state index is -0.428. The van der Waals surface area contributed by atoms with Crippen LogP contribution in [0.3, 0.4) is 0 Å². The van der Waals surface area contributed by atoms with Gasteiger partial charge in [-0.1, -0.05) is 6.07 Å². The van der Waals surface area contributed by atoms with Gasteiger partial charge in [0, 0.05) is 32.9 Å². The van der Waals surface area contributed by atoms with Crippen molar-refractivity contribution < 1.29 is 9.18 Å². The first-order chi connectivity index (χ1) is 12.9. The summed E-state index contributed by atoms with van der Waals surface area (Å²) < 4.78 is 14.1. The summed E-state index contributed by atoms with van der Waals surface area (Å²) in [5, 5.41) is 6.81. The summed E-state index contributed by atoms with van der Waals surface area (Å²) in [5.74, 6) is -0.0322. The van der Waals surface area contributed by atoms with Gasteiger partial charge in [-0.2, -0.15) is 9.78 Å². The first kappa shape index (κ1) is 18.2. The fourth-order valence-electron chi connectivity index (χ4n) is 2.36. The van der Waals surface area contributed by atoms with Crippen molar-refractivity contribution in [3.8, 4) is 5.69 Å². The predicted octanol–water partition coefficient (Wildman–Crippen LogP) is 1.76. The number of aromatic nitrogens is 3. The van der Waals surface area contributed by atoms with Crippen molar-refractivity contribution in [1.82, 2.24) is 20.1 Å². The molecule has 0 fully saturated rings. The van der Waals surface area contributed by atoms with Crippen LogP contribution in [0.15, 0.2) is 59.5 Å². The number of rotatable bonds is 5. The molecule has 3 aromatic rings. The Labute approximate surface area is 155 Å². The van der Waals surface area contributed by atoms with Crippen molar-refractivity contribution in [2.45, 2.75) is 6.54 Å². The summed E-state index contributed by atoms with van der Waals surface area (Å²) in [7, 11) is 3.79. The lowest BCUT2D eigenvalue weighted by Gasteiger charge is -2.11. The Kier molecular flexibility index (Phi) is 5.25. The van der Waals surface area contributed by atoms with Gasteiger partial charge in [0.05, 0.1) is 5.69 Å². The lowest BCUT2D eigenvalue weighted by Crippen LogP contribution is -2.28. The van der Waals surface area contributed by atoms with E-state index >= 15 is 0 Å². The van der Waals surface area contributed by atoms with Crippen molar-refractivity contribution in [3.05, 3.63) is 82.2 Å². The Morgan fingerprint density at radius 3 is 2.48 bits per heavy atom. The van der Waals surface area contributed by atoms with E-state index in [1.165, 1.54) is 36.4 Å². The SMILES string of the molecule is CN(C)c1ccc(CNC(=O)c2ccc(=O)n(-c3ccc(F)cc3)n2)cn1. The number of amides is 1. The molecule has 2 aromatic heterocycles. The van der Waals surface area contributed by atoms with Gasteiger partial charge >= 0.3 is 0 Å². The lowest BCUT2D eigenvalue weighted by molar-refractivity contribution is 0.0944. The maximum atomic E-state index is 13.1. The van der Waals surface area contributed by atoms with Crippen molar-refractivity contribution in [1.29, 1.82) is 0 Å². The maximum absolute atomic E-state index is 13.1. The smallest absolute Gasteiger partial charge is 0.272 e. The normalized spacial score (nSPS) is 10.5. The van der Waals surface area contributed by atoms with Crippen molar-refractivity contribution in [2.24, 2.45) is 0 Å². The third-order valence-electron chi connectivity index (χ3n) is 3.82. The van der Waals surface area contributed by atoms with E-state index in [1.807, 2.05) is 31.1 Å². The molecule has 1 aromatic carbocycles. The number of hydrogen-bond donors (Lipinski definition) is 1. The third kappa shape index (κ3) is 4.35. The average Bonchev–Trinajstić information content (AvgIpc) is 2.67. The summed E-state index contributed by atoms with van der Waals surface area (Å²) in [4.78, 5) is 30.5. The number of halogens is 1. The van der Waals surface area contributed by atoms with Crippen LogP contribution in [0.25, 0.3) is 5.69 Å². The number of pyridine rings is 1. The van der Waals surface area contributed by atoms with Crippen LogP contribution in [0.2, 0.25) is 0 Å². The Hall–Kier alpha value is -3.55. The van der Waals surface area contributed by atoms with Gasteiger partial charge in [-0.25, -0.2) is 9.37 Å². The highest BCUT2D eigenvalue weighted by Crippen LogP contribution is 2.08. The third-order valence-corrected chi connectivity index (χ3v) is 3.82. The minimum absolute atomic E-state index is 0.0804. The monoisotopic (exact) mass is 367 g/mol. The van der Waals surface area contributed by atoms with E-state index in [0.29, 0.717) is 5.69 Å². The molecule has 7 nitrogen and oxygen atoms in total. The van der Waals surface area contributed by atoms with Crippen LogP contribution < -0.4 is 15.8 Å². The highest BCUT2D eigenvalue weighted by Gasteiger charge is 2.11. The molecule has 0 aliphatic carbocycles. The minimum Gasteiger partial charge on any atom is -0.363 e. The van der Waals surface area contributed by atoms with E-state index in [1.54, 1.807) is 6.20 Å². The largest absolute Gasteiger partial charge is 0.363 e. The lowest BCUT2D eigenvalue weighted by atomic mass is 10.2. The first-order valence-electron chi connectivity index (χ1n) is 8.21. The number of carbonyl (C=O) groups is 1. The number of nitrogens with one attached hydrogen (secondary N) is 1. The molecule has 27 heavy (non-hydrogen) atoms. The van der Waals surface area contributed by atoms with Crippen LogP contribution in [0.4, 0.5) is 10.2 Å². The molecule has 0 saturated heterocycles. The molecule has 0 bridgehead atoms. The van der Waals surface area contributed by atoms with Crippen LogP contribution in [0.1, 0.15) is 16.1 Å². The molecule has 0 aliphatic rings. The number of nitrogens with zero attached hydrogens (tertiary/aromatic N) is 4. The molecule has 138 valence electrons. The van der Waals surface area contributed by atoms with Crippen molar-refractivity contribution >= 4 is 11.7 Å². The maximum Gasteiger partial charge on any atom is 0.272 e. The predicted molar refractivity (Wildman–Crippen MR) is 99.5 cm³/mol. The Balaban J connectivity index is 1.74. The summed E-state index contributed by atoms with van der Waals surface area (Å²) in [6.45, 7) is 0.275. The van der Waals surface area contributed by atoms with Crippen LogP contribution in [-0.4, -0.2) is 34.8 Å². The fraction of sp³-hybridized carbons (Fsp3) is 0.158. The van der Waals surface area contributed by atoms with E-state index in [9.17, 15) is 14.0 Å². The van der Waals surface area contributed by atoms with Gasteiger partial charge in [0.25, 0.3) is 11.5 Å². The standard InChI is InChI=1S/C19H18FN5O2/c1-24(2)17-9-3-13(11-21-17)12-22-19(27)16-8-10-18(26)25(23-16)15-6-4-14(20)5-7-15/h3-11H,12H2,1-2H3,(H,22,27). The van der Waals surface area contributed by atoms with Gasteiger partial charge in [-0.05, 0) is 42.0 Å². The van der Waals surface area contributed by atoms with E-state index in [4.69, 9.17) is 0 Å². The van der Waals surface area contributed by atoms with Gasteiger partial charge in [0.15, 0.2) is 0 Å². The second kappa shape index (κ2) is 7.77. The summed E-state index contributed by atoms with van der Waals surface area (Å²) in [6, 6.07) is 11.6. The quantitative estimate of drug-likeness (QED) is 0.743. The molecule has 2 heterocycles. The van der Waals surface area contributed by atoms with Gasteiger partial charge in [-0.15, -0.1) is 0 Å². The molecule has 0 radical (unpaired) electrons. The van der Waals surface area contributed by atoms with Crippen LogP contribution >= 0.6 is 0 Å². The number of hydrogen-bond acceptors (Lipinski definition) is 5. The second-order valence-electron chi connectivity index (χ2n) is 6.05. The molecule has 8 heteroatoms. The zero-order valence-electron chi connectivity index (χ0n) is 14.9. The summed E-state index contributed by atoms with van der Waals surface area (Å²) in [5.41, 5.74) is 0.874. The van der Waals surface area contributed by atoms with Crippen LogP contribution in [-0.2, 0) is 6.54 Å². The number of benzene rings is 1. The zero-order valence-corrected chi connectivity index (χ0v) is 14.9. The molecular weight excluding hydrogens is 349 g/mol. The Morgan fingerprint density at radius 2 is 1.85 bits per heavy atom. The van der Waals surface area contributed by atoms with Crippen LogP contribution in [0.5, 0.6) is 0 Å². The average molecular weight is 367 g/mol. The molecule has 0 spiro atoms. The molecule has 1 N–H and O–H groups in total. The Morgan fingerprint density at radius 1 is 1.11 bits per heavy atom. The van der Waals surface area contributed by atoms with Crippen molar-refractivity contribution in [2.75, 3.05) is 19.0 Å². The highest BCUT2D eigenvalue weighted by atomic mass is 19.1. The first-order valence-corrected chi connectivity index (χ1v) is 8.21. The molecule has 0 aliphatic heterocycles. The number of carbonyl (C=O) groups excluding carboxylic acids is 1. The molecule has 3 rings (SSSR count). The Bertz CT molecular complexity index is 998. The molecular formula is C19H18FN5O2. The van der Waals surface area contributed by atoms with E-state index in [0.717, 1.165) is 16.1 Å². The van der Waals surface area contributed by atoms with E-state index in [2.05, 4.69) is 15.4 Å². The van der Waals surface area contributed by atoms with Gasteiger partial charge in [0.1, 0.15) is 17.3 Å². The van der Waals surface area contributed by atoms with Gasteiger partial charge in [-0.3, -0.25) is 9.59 Å². The number of anilines is 1. The molecule has 0 unspecified atom stereocenters. The fourth-order valence-corrected chi connectivity index (χ4v) is 2.36. The highest BCUT2D eigenvalue weighted by molar-refractivity contribution is 5.92. The van der Waals surface area contributed by atoms with Gasteiger partial charge in [0.2, 0.25) is 0 Å². The molecule has 0 saturated carbocycles. The summed E-state index contributed by atoms with van der Waals surface area (Å²) in [6.07, 6.45) is 1.68. The second-order valence-corrected chi connectivity index (χ2v) is 6.05. The molecule has 1 amide bonds. The zero-order chi connectivity index (χ0) is 19.4.